The molecule has 114 valence electrons. The maximum atomic E-state index is 10.3. The normalized spacial score (nSPS) is 17.8. The Bertz CT molecular complexity index is 365. The van der Waals surface area contributed by atoms with E-state index in [1.807, 2.05) is 0 Å². The smallest absolute Gasteiger partial charge is 0.911 e. The van der Waals surface area contributed by atoms with Crippen molar-refractivity contribution in [3.8, 4) is 0 Å². The molecule has 1 aliphatic rings. The van der Waals surface area contributed by atoms with Crippen molar-refractivity contribution in [2.45, 2.75) is 53.5 Å². The van der Waals surface area contributed by atoms with Crippen molar-refractivity contribution in [3.63, 3.8) is 0 Å². The number of methoxy groups -OCH3 is 1. The van der Waals surface area contributed by atoms with Crippen LogP contribution in [0.4, 0.5) is 0 Å². The molecule has 0 amide bonds. The number of carbonyl (C=O) groups is 1. The summed E-state index contributed by atoms with van der Waals surface area (Å²) >= 11 is 0. The first-order valence-electron chi connectivity index (χ1n) is 6.64. The molecule has 1 fully saturated rings. The van der Waals surface area contributed by atoms with Crippen LogP contribution >= 0.6 is 0 Å². The third kappa shape index (κ3) is 6.34. The number of allylic oxidation sites excluding steroid dienone is 1. The molecule has 0 aromatic rings. The Balaban J connectivity index is 0. The van der Waals surface area contributed by atoms with Gasteiger partial charge in [-0.25, -0.2) is 0 Å². The quantitative estimate of drug-likeness (QED) is 0.320. The van der Waals surface area contributed by atoms with Gasteiger partial charge in [-0.15, -0.1) is 0 Å². The summed E-state index contributed by atoms with van der Waals surface area (Å²) in [4.78, 5) is 10.3. The molecular weight excluding hydrogens is 260 g/mol. The minimum absolute atomic E-state index is 0. The van der Waals surface area contributed by atoms with Gasteiger partial charge in [0.05, 0.1) is 12.7 Å². The third-order valence-electron chi connectivity index (χ3n) is 3.88. The van der Waals surface area contributed by atoms with Crippen LogP contribution in [0.15, 0.2) is 5.47 Å². The van der Waals surface area contributed by atoms with Crippen LogP contribution < -0.4 is 18.9 Å². The topological polar surface area (TPSA) is 57.8 Å². The van der Waals surface area contributed by atoms with Crippen LogP contribution in [0, 0.1) is 17.9 Å². The Labute approximate surface area is 141 Å². The van der Waals surface area contributed by atoms with Crippen LogP contribution in [0.25, 0.3) is 5.41 Å². The van der Waals surface area contributed by atoms with E-state index in [1.165, 1.54) is 7.11 Å². The first-order valence-corrected chi connectivity index (χ1v) is 6.64. The zero-order valence-corrected chi connectivity index (χ0v) is 14.6. The Hall–Kier alpha value is -0.628. The molecule has 0 aromatic heterocycles. The molecule has 0 saturated carbocycles. The van der Waals surface area contributed by atoms with E-state index in [0.717, 1.165) is 12.5 Å². The second-order valence-electron chi connectivity index (χ2n) is 6.33. The molecule has 1 saturated heterocycles. The van der Waals surface area contributed by atoms with Crippen molar-refractivity contribution in [3.05, 3.63) is 23.4 Å². The molecule has 0 N–H and O–H groups in total. The Morgan fingerprint density at radius 1 is 1.38 bits per heavy atom. The molecule has 0 bridgehead atoms. The van der Waals surface area contributed by atoms with Crippen LogP contribution in [0.1, 0.15) is 41.5 Å². The fourth-order valence-corrected chi connectivity index (χ4v) is 1.74. The Morgan fingerprint density at radius 2 is 1.86 bits per heavy atom. The van der Waals surface area contributed by atoms with E-state index in [4.69, 9.17) is 16.6 Å². The first-order chi connectivity index (χ1) is 8.98. The van der Waals surface area contributed by atoms with Gasteiger partial charge in [0, 0.05) is 0 Å². The van der Waals surface area contributed by atoms with Gasteiger partial charge in [0.15, 0.2) is 5.97 Å². The molecule has 21 heavy (non-hydrogen) atoms. The van der Waals surface area contributed by atoms with Gasteiger partial charge < -0.3 is 21.0 Å². The molecule has 0 aliphatic carbocycles. The van der Waals surface area contributed by atoms with Crippen LogP contribution in [0.2, 0.25) is 6.32 Å². The fourth-order valence-electron chi connectivity index (χ4n) is 1.74. The fraction of sp³-hybridized carbons (Fsp3) is 0.667. The summed E-state index contributed by atoms with van der Waals surface area (Å²) in [5.74, 6) is 0.447. The molecule has 0 atom stereocenters. The number of hydrogen-bond donors (Lipinski definition) is 0. The number of carbonyl (C=O) groups excluding carboxylic acids is 1. The molecule has 0 spiro atoms. The largest absolute Gasteiger partial charge is 1.00 e. The van der Waals surface area contributed by atoms with Crippen LogP contribution in [0.3, 0.4) is 0 Å². The third-order valence-corrected chi connectivity index (χ3v) is 3.88. The van der Waals surface area contributed by atoms with E-state index in [2.05, 4.69) is 32.4 Å². The van der Waals surface area contributed by atoms with Gasteiger partial charge in [0.2, 0.25) is 0 Å². The van der Waals surface area contributed by atoms with Gasteiger partial charge in [-0.1, -0.05) is 13.8 Å². The molecular formula is C15H25BLiNO3-2. The molecule has 4 nitrogen and oxygen atoms in total. The van der Waals surface area contributed by atoms with Gasteiger partial charge in [0.25, 0.3) is 6.92 Å². The van der Waals surface area contributed by atoms with Crippen molar-refractivity contribution >= 4 is 19.1 Å². The zero-order valence-electron chi connectivity index (χ0n) is 14.6. The number of esters is 1. The van der Waals surface area contributed by atoms with Gasteiger partial charge in [0.1, 0.15) is 0 Å². The van der Waals surface area contributed by atoms with E-state index in [9.17, 15) is 4.79 Å². The molecule has 0 aromatic carbocycles. The average molecular weight is 285 g/mol. The average Bonchev–Trinajstić information content (AvgIpc) is 2.57. The summed E-state index contributed by atoms with van der Waals surface area (Å²) in [6, 6.07) is 0. The molecule has 0 radical (unpaired) electrons. The molecule has 1 heterocycles. The van der Waals surface area contributed by atoms with Crippen molar-refractivity contribution in [1.29, 1.82) is 0 Å². The minimum atomic E-state index is -0.236. The number of rotatable bonds is 3. The number of ether oxygens (including phenoxy) is 1. The molecule has 6 heteroatoms. The summed E-state index contributed by atoms with van der Waals surface area (Å²) < 4.78 is 10.1. The van der Waals surface area contributed by atoms with E-state index < -0.39 is 0 Å². The zero-order chi connectivity index (χ0) is 16.1. The van der Waals surface area contributed by atoms with Crippen molar-refractivity contribution < 1.29 is 33.0 Å². The first kappa shape index (κ1) is 22.7. The maximum absolute atomic E-state index is 10.3. The van der Waals surface area contributed by atoms with Crippen LogP contribution in [-0.4, -0.2) is 31.8 Å². The summed E-state index contributed by atoms with van der Waals surface area (Å²) in [5.41, 5.74) is 0.315. The second kappa shape index (κ2) is 8.73. The van der Waals surface area contributed by atoms with Gasteiger partial charge >= 0.3 is 18.9 Å². The van der Waals surface area contributed by atoms with Crippen molar-refractivity contribution in [2.75, 3.05) is 7.11 Å². The maximum Gasteiger partial charge on any atom is 1.00 e. The SMILES string of the molecule is COC(=O)[C-](C)C.[CH-]=C(C=[N-])B1CC(C)(C)C(C)(C)O1.[Li+]. The van der Waals surface area contributed by atoms with Gasteiger partial charge in [-0.05, 0) is 25.6 Å². The van der Waals surface area contributed by atoms with E-state index in [-0.39, 0.29) is 42.8 Å². The number of nitrogens with zero attached hydrogens (tertiary/aromatic N) is 1. The summed E-state index contributed by atoms with van der Waals surface area (Å²) in [6.45, 7) is 17.3. The predicted octanol–water partition coefficient (Wildman–Crippen LogP) is 0.129. The Morgan fingerprint density at radius 3 is 2.05 bits per heavy atom. The van der Waals surface area contributed by atoms with Crippen molar-refractivity contribution in [2.24, 2.45) is 5.41 Å². The van der Waals surface area contributed by atoms with E-state index in [1.54, 1.807) is 13.8 Å². The summed E-state index contributed by atoms with van der Waals surface area (Å²) in [7, 11) is 1.37. The molecule has 1 aliphatic heterocycles. The Kier molecular flexibility index (Phi) is 9.41. The standard InChI is InChI=1S/C10H16BNO.C5H9O2.Li/c1-8(6-12)11-7-9(2,3)10(4,5)13-11;1-4(2)5(6)7-3;/h1,6H,7H2,2-5H3;1-3H3;/q-2;-1;+1. The second-order valence-corrected chi connectivity index (χ2v) is 6.33. The predicted molar refractivity (Wildman–Crippen MR) is 83.3 cm³/mol. The molecule has 1 rings (SSSR count). The van der Waals surface area contributed by atoms with E-state index in [0.29, 0.717) is 11.4 Å². The summed E-state index contributed by atoms with van der Waals surface area (Å²) in [5, 5.41) is 8.77. The van der Waals surface area contributed by atoms with Gasteiger partial charge in [-0.3, -0.25) is 22.8 Å². The summed E-state index contributed by atoms with van der Waals surface area (Å²) in [6.07, 6.45) is 1.78. The van der Waals surface area contributed by atoms with Crippen LogP contribution in [0.5, 0.6) is 0 Å². The minimum Gasteiger partial charge on any atom is -0.911 e. The monoisotopic (exact) mass is 285 g/mol. The van der Waals surface area contributed by atoms with Crippen molar-refractivity contribution in [1.82, 2.24) is 0 Å². The van der Waals surface area contributed by atoms with E-state index >= 15 is 0 Å². The van der Waals surface area contributed by atoms with Crippen LogP contribution in [-0.2, 0) is 14.2 Å². The molecule has 0 unspecified atom stereocenters. The van der Waals surface area contributed by atoms with Gasteiger partial charge in [-0.2, -0.15) is 13.8 Å². The number of hydrogen-bond acceptors (Lipinski definition) is 3.